The van der Waals surface area contributed by atoms with Gasteiger partial charge in [-0.05, 0) is 31.5 Å². The molecule has 4 nitrogen and oxygen atoms in total. The quantitative estimate of drug-likeness (QED) is 0.687. The van der Waals surface area contributed by atoms with E-state index in [0.29, 0.717) is 12.3 Å². The topological polar surface area (TPSA) is 35.6 Å². The lowest BCUT2D eigenvalue weighted by molar-refractivity contribution is 0.750. The van der Waals surface area contributed by atoms with Crippen LogP contribution in [0.2, 0.25) is 5.02 Å². The summed E-state index contributed by atoms with van der Waals surface area (Å²) in [6.07, 6.45) is 0.696. The number of benzene rings is 1. The Morgan fingerprint density at radius 1 is 1.24 bits per heavy atom. The molecular formula is C15H16Cl2N4. The van der Waals surface area contributed by atoms with E-state index in [9.17, 15) is 0 Å². The molecule has 0 aliphatic rings. The van der Waals surface area contributed by atoms with E-state index in [0.717, 1.165) is 39.0 Å². The fraction of sp³-hybridized carbons (Fsp3) is 0.333. The normalized spacial score (nSPS) is 11.5. The van der Waals surface area contributed by atoms with Gasteiger partial charge in [0.25, 0.3) is 0 Å². The Morgan fingerprint density at radius 2 is 2.00 bits per heavy atom. The van der Waals surface area contributed by atoms with Crippen molar-refractivity contribution in [1.82, 2.24) is 19.3 Å². The first-order valence-electron chi connectivity index (χ1n) is 6.77. The molecule has 0 aliphatic heterocycles. The maximum atomic E-state index is 6.27. The maximum absolute atomic E-state index is 6.27. The minimum absolute atomic E-state index is 0.523. The lowest BCUT2D eigenvalue weighted by atomic mass is 10.2. The first-order chi connectivity index (χ1) is 10.0. The number of fused-ring (bicyclic) bond motifs is 1. The second-order valence-corrected chi connectivity index (χ2v) is 5.85. The first kappa shape index (κ1) is 14.4. The van der Waals surface area contributed by atoms with E-state index in [-0.39, 0.29) is 0 Å². The SMILES string of the molecule is Cc1c(Cl)cccc1-n1c(CCCl)nc2c(C)nn(C)c21. The van der Waals surface area contributed by atoms with Crippen LogP contribution in [0, 0.1) is 13.8 Å². The highest BCUT2D eigenvalue weighted by atomic mass is 35.5. The van der Waals surface area contributed by atoms with E-state index in [1.165, 1.54) is 0 Å². The average Bonchev–Trinajstić information content (AvgIpc) is 2.93. The van der Waals surface area contributed by atoms with Gasteiger partial charge in [-0.1, -0.05) is 17.7 Å². The summed E-state index contributed by atoms with van der Waals surface area (Å²) in [5, 5.41) is 5.20. The van der Waals surface area contributed by atoms with E-state index in [2.05, 4.69) is 9.67 Å². The molecule has 0 saturated heterocycles. The van der Waals surface area contributed by atoms with Gasteiger partial charge >= 0.3 is 0 Å². The van der Waals surface area contributed by atoms with E-state index < -0.39 is 0 Å². The predicted molar refractivity (Wildman–Crippen MR) is 86.7 cm³/mol. The molecule has 0 unspecified atom stereocenters. The molecule has 3 aromatic rings. The van der Waals surface area contributed by atoms with Gasteiger partial charge in [0.2, 0.25) is 0 Å². The number of alkyl halides is 1. The van der Waals surface area contributed by atoms with Crippen LogP contribution < -0.4 is 0 Å². The van der Waals surface area contributed by atoms with Gasteiger partial charge in [0.1, 0.15) is 11.3 Å². The van der Waals surface area contributed by atoms with Crippen LogP contribution in [0.3, 0.4) is 0 Å². The van der Waals surface area contributed by atoms with Crippen molar-refractivity contribution < 1.29 is 0 Å². The second-order valence-electron chi connectivity index (χ2n) is 5.07. The molecule has 6 heteroatoms. The highest BCUT2D eigenvalue weighted by Gasteiger charge is 2.19. The fourth-order valence-electron chi connectivity index (χ4n) is 2.66. The molecule has 0 N–H and O–H groups in total. The van der Waals surface area contributed by atoms with Crippen LogP contribution in [0.5, 0.6) is 0 Å². The van der Waals surface area contributed by atoms with Gasteiger partial charge in [0.05, 0.1) is 11.4 Å². The van der Waals surface area contributed by atoms with E-state index >= 15 is 0 Å². The molecule has 21 heavy (non-hydrogen) atoms. The number of aromatic nitrogens is 4. The molecule has 0 fully saturated rings. The van der Waals surface area contributed by atoms with Gasteiger partial charge in [-0.3, -0.25) is 4.57 Å². The van der Waals surface area contributed by atoms with Crippen molar-refractivity contribution in [3.63, 3.8) is 0 Å². The zero-order valence-electron chi connectivity index (χ0n) is 12.2. The van der Waals surface area contributed by atoms with Crippen molar-refractivity contribution in [2.45, 2.75) is 20.3 Å². The summed E-state index contributed by atoms with van der Waals surface area (Å²) in [7, 11) is 1.93. The Morgan fingerprint density at radius 3 is 2.71 bits per heavy atom. The van der Waals surface area contributed by atoms with Crippen LogP contribution in [0.1, 0.15) is 17.1 Å². The lowest BCUT2D eigenvalue weighted by Gasteiger charge is -2.13. The minimum Gasteiger partial charge on any atom is -0.281 e. The second kappa shape index (κ2) is 5.35. The largest absolute Gasteiger partial charge is 0.281 e. The molecule has 2 aromatic heterocycles. The van der Waals surface area contributed by atoms with Crippen LogP contribution >= 0.6 is 23.2 Å². The monoisotopic (exact) mass is 322 g/mol. The van der Waals surface area contributed by atoms with E-state index in [1.54, 1.807) is 0 Å². The third-order valence-electron chi connectivity index (χ3n) is 3.67. The molecule has 0 amide bonds. The molecule has 0 saturated carbocycles. The summed E-state index contributed by atoms with van der Waals surface area (Å²) in [5.74, 6) is 1.46. The summed E-state index contributed by atoms with van der Waals surface area (Å²) in [5.41, 5.74) is 4.85. The van der Waals surface area contributed by atoms with Gasteiger partial charge in [-0.15, -0.1) is 11.6 Å². The summed E-state index contributed by atoms with van der Waals surface area (Å²) >= 11 is 12.2. The van der Waals surface area contributed by atoms with Gasteiger partial charge in [0, 0.05) is 24.4 Å². The highest BCUT2D eigenvalue weighted by Crippen LogP contribution is 2.28. The van der Waals surface area contributed by atoms with Crippen molar-refractivity contribution >= 4 is 34.4 Å². The van der Waals surface area contributed by atoms with Crippen LogP contribution in [-0.4, -0.2) is 25.2 Å². The molecule has 0 bridgehead atoms. The Labute approximate surface area is 133 Å². The number of aryl methyl sites for hydroxylation is 3. The first-order valence-corrected chi connectivity index (χ1v) is 7.68. The summed E-state index contributed by atoms with van der Waals surface area (Å²) in [4.78, 5) is 4.72. The number of rotatable bonds is 3. The number of hydrogen-bond acceptors (Lipinski definition) is 2. The maximum Gasteiger partial charge on any atom is 0.163 e. The molecule has 0 atom stereocenters. The molecular weight excluding hydrogens is 307 g/mol. The summed E-state index contributed by atoms with van der Waals surface area (Å²) in [6, 6.07) is 5.89. The van der Waals surface area contributed by atoms with Crippen molar-refractivity contribution in [3.8, 4) is 5.69 Å². The van der Waals surface area contributed by atoms with Crippen molar-refractivity contribution in [3.05, 3.63) is 40.3 Å². The lowest BCUT2D eigenvalue weighted by Crippen LogP contribution is -2.07. The minimum atomic E-state index is 0.523. The standard InChI is InChI=1S/C15H16Cl2N4/c1-9-11(17)5-4-6-12(9)21-13(7-8-16)18-14-10(2)19-20(3)15(14)21/h4-6H,7-8H2,1-3H3. The van der Waals surface area contributed by atoms with Crippen molar-refractivity contribution in [1.29, 1.82) is 0 Å². The Bertz CT molecular complexity index is 817. The number of hydrogen-bond donors (Lipinski definition) is 0. The van der Waals surface area contributed by atoms with Gasteiger partial charge in [-0.25, -0.2) is 9.67 Å². The Kier molecular flexibility index (Phi) is 3.68. The van der Waals surface area contributed by atoms with Crippen LogP contribution in [0.15, 0.2) is 18.2 Å². The van der Waals surface area contributed by atoms with Gasteiger partial charge in [-0.2, -0.15) is 5.10 Å². The zero-order valence-corrected chi connectivity index (χ0v) is 13.7. The van der Waals surface area contributed by atoms with E-state index in [4.69, 9.17) is 28.2 Å². The summed E-state index contributed by atoms with van der Waals surface area (Å²) in [6.45, 7) is 3.98. The molecule has 2 heterocycles. The van der Waals surface area contributed by atoms with Crippen molar-refractivity contribution in [2.24, 2.45) is 7.05 Å². The highest BCUT2D eigenvalue weighted by molar-refractivity contribution is 6.31. The van der Waals surface area contributed by atoms with E-state index in [1.807, 2.05) is 43.8 Å². The molecule has 3 rings (SSSR count). The average molecular weight is 323 g/mol. The van der Waals surface area contributed by atoms with Gasteiger partial charge in [0.15, 0.2) is 5.65 Å². The molecule has 1 aromatic carbocycles. The van der Waals surface area contributed by atoms with Gasteiger partial charge < -0.3 is 0 Å². The Balaban J connectivity index is 2.38. The predicted octanol–water partition coefficient (Wildman–Crippen LogP) is 3.81. The summed E-state index contributed by atoms with van der Waals surface area (Å²) < 4.78 is 3.97. The van der Waals surface area contributed by atoms with Crippen LogP contribution in [-0.2, 0) is 13.5 Å². The molecule has 0 radical (unpaired) electrons. The Hall–Kier alpha value is -1.52. The number of nitrogens with zero attached hydrogens (tertiary/aromatic N) is 4. The van der Waals surface area contributed by atoms with Crippen LogP contribution in [0.25, 0.3) is 16.9 Å². The van der Waals surface area contributed by atoms with Crippen molar-refractivity contribution in [2.75, 3.05) is 5.88 Å². The smallest absolute Gasteiger partial charge is 0.163 e. The number of halogens is 2. The fourth-order valence-corrected chi connectivity index (χ4v) is 3.00. The molecule has 110 valence electrons. The molecule has 0 aliphatic carbocycles. The number of imidazole rings is 1. The third-order valence-corrected chi connectivity index (χ3v) is 4.27. The third kappa shape index (κ3) is 2.23. The molecule has 0 spiro atoms. The zero-order chi connectivity index (χ0) is 15.1. The van der Waals surface area contributed by atoms with Crippen LogP contribution in [0.4, 0.5) is 0 Å².